The Balaban J connectivity index is 2.34. The average Bonchev–Trinajstić information content (AvgIpc) is 2.76. The molecule has 0 bridgehead atoms. The first kappa shape index (κ1) is 16.0. The lowest BCUT2D eigenvalue weighted by atomic mass is 10.2. The summed E-state index contributed by atoms with van der Waals surface area (Å²) in [7, 11) is 0. The number of hydrogen-bond acceptors (Lipinski definition) is 3. The Morgan fingerprint density at radius 3 is 2.63 bits per heavy atom. The molecule has 2 amide bonds. The summed E-state index contributed by atoms with van der Waals surface area (Å²) in [5.74, 6) is 0.295. The van der Waals surface area contributed by atoms with Crippen LogP contribution in [-0.2, 0) is 9.59 Å². The molecule has 1 aliphatic rings. The quantitative estimate of drug-likeness (QED) is 0.710. The molecule has 5 nitrogen and oxygen atoms in total. The van der Waals surface area contributed by atoms with Gasteiger partial charge in [-0.1, -0.05) is 6.92 Å². The van der Waals surface area contributed by atoms with Gasteiger partial charge >= 0.3 is 0 Å². The molecule has 0 aromatic carbocycles. The van der Waals surface area contributed by atoms with Crippen molar-refractivity contribution < 1.29 is 9.59 Å². The topological polar surface area (TPSA) is 52.7 Å². The monoisotopic (exact) mass is 269 g/mol. The van der Waals surface area contributed by atoms with Crippen LogP contribution in [0.2, 0.25) is 0 Å². The molecule has 1 heterocycles. The molecule has 1 atom stereocenters. The molecule has 0 saturated carbocycles. The Hall–Kier alpha value is -1.10. The summed E-state index contributed by atoms with van der Waals surface area (Å²) in [5, 5.41) is 3.26. The van der Waals surface area contributed by atoms with Crippen LogP contribution in [0, 0.1) is 0 Å². The lowest BCUT2D eigenvalue weighted by Crippen LogP contribution is -2.40. The first-order valence-electron chi connectivity index (χ1n) is 7.43. The summed E-state index contributed by atoms with van der Waals surface area (Å²) in [4.78, 5) is 27.6. The minimum atomic E-state index is -0.0384. The van der Waals surface area contributed by atoms with Crippen LogP contribution in [0.3, 0.4) is 0 Å². The summed E-state index contributed by atoms with van der Waals surface area (Å²) in [6.07, 6.45) is 2.33. The number of nitrogens with zero attached hydrogens (tertiary/aromatic N) is 2. The van der Waals surface area contributed by atoms with Crippen LogP contribution in [0.1, 0.15) is 40.0 Å². The number of amides is 2. The van der Waals surface area contributed by atoms with Crippen LogP contribution in [0.15, 0.2) is 0 Å². The fraction of sp³-hybridized carbons (Fsp3) is 0.857. The van der Waals surface area contributed by atoms with Crippen LogP contribution in [0.5, 0.6) is 0 Å². The molecule has 19 heavy (non-hydrogen) atoms. The van der Waals surface area contributed by atoms with Gasteiger partial charge in [-0.3, -0.25) is 9.59 Å². The lowest BCUT2D eigenvalue weighted by molar-refractivity contribution is -0.133. The Morgan fingerprint density at radius 2 is 2.05 bits per heavy atom. The summed E-state index contributed by atoms with van der Waals surface area (Å²) in [6.45, 7) is 9.73. The van der Waals surface area contributed by atoms with Crippen molar-refractivity contribution in [1.82, 2.24) is 15.1 Å². The Morgan fingerprint density at radius 1 is 1.37 bits per heavy atom. The van der Waals surface area contributed by atoms with Crippen LogP contribution >= 0.6 is 0 Å². The molecule has 1 aliphatic heterocycles. The van der Waals surface area contributed by atoms with E-state index in [1.165, 1.54) is 0 Å². The summed E-state index contributed by atoms with van der Waals surface area (Å²) >= 11 is 0. The third-order valence-corrected chi connectivity index (χ3v) is 3.65. The highest BCUT2D eigenvalue weighted by Gasteiger charge is 2.30. The highest BCUT2D eigenvalue weighted by Crippen LogP contribution is 2.12. The van der Waals surface area contributed by atoms with Crippen molar-refractivity contribution in [2.75, 3.05) is 32.7 Å². The number of hydrogen-bond donors (Lipinski definition) is 1. The first-order valence-corrected chi connectivity index (χ1v) is 7.43. The lowest BCUT2D eigenvalue weighted by Gasteiger charge is -2.21. The second-order valence-electron chi connectivity index (χ2n) is 4.94. The first-order chi connectivity index (χ1) is 9.13. The smallest absolute Gasteiger partial charge is 0.239 e. The van der Waals surface area contributed by atoms with Gasteiger partial charge < -0.3 is 15.1 Å². The summed E-state index contributed by atoms with van der Waals surface area (Å²) < 4.78 is 0. The molecule has 1 fully saturated rings. The third-order valence-electron chi connectivity index (χ3n) is 3.65. The SMILES string of the molecule is CCCNC1CCN(CCC(=O)N(CC)CC)C1=O. The van der Waals surface area contributed by atoms with Gasteiger partial charge in [0, 0.05) is 32.6 Å². The van der Waals surface area contributed by atoms with Gasteiger partial charge in [-0.15, -0.1) is 0 Å². The molecule has 110 valence electrons. The number of carbonyl (C=O) groups is 2. The van der Waals surface area contributed by atoms with E-state index in [0.717, 1.165) is 39.0 Å². The van der Waals surface area contributed by atoms with Crippen molar-refractivity contribution in [3.63, 3.8) is 0 Å². The Labute approximate surface area is 116 Å². The maximum absolute atomic E-state index is 12.1. The molecule has 5 heteroatoms. The highest BCUT2D eigenvalue weighted by atomic mass is 16.2. The van der Waals surface area contributed by atoms with Gasteiger partial charge in [0.15, 0.2) is 0 Å². The normalized spacial score (nSPS) is 19.0. The maximum Gasteiger partial charge on any atom is 0.239 e. The van der Waals surface area contributed by atoms with Crippen LogP contribution in [0.4, 0.5) is 0 Å². The maximum atomic E-state index is 12.1. The van der Waals surface area contributed by atoms with Crippen molar-refractivity contribution in [3.8, 4) is 0 Å². The zero-order valence-electron chi connectivity index (χ0n) is 12.4. The molecule has 0 aromatic heterocycles. The molecular weight excluding hydrogens is 242 g/mol. The van der Waals surface area contributed by atoms with E-state index in [9.17, 15) is 9.59 Å². The molecular formula is C14H27N3O2. The summed E-state index contributed by atoms with van der Waals surface area (Å²) in [6, 6.07) is -0.0384. The number of nitrogens with one attached hydrogen (secondary N) is 1. The molecule has 1 saturated heterocycles. The van der Waals surface area contributed by atoms with Crippen molar-refractivity contribution in [2.24, 2.45) is 0 Å². The number of rotatable bonds is 8. The molecule has 0 radical (unpaired) electrons. The highest BCUT2D eigenvalue weighted by molar-refractivity contribution is 5.84. The molecule has 0 aromatic rings. The number of carbonyl (C=O) groups excluding carboxylic acids is 2. The largest absolute Gasteiger partial charge is 0.343 e. The third kappa shape index (κ3) is 4.49. The van der Waals surface area contributed by atoms with Crippen LogP contribution < -0.4 is 5.32 Å². The van der Waals surface area contributed by atoms with Gasteiger partial charge in [-0.2, -0.15) is 0 Å². The van der Waals surface area contributed by atoms with Crippen LogP contribution in [-0.4, -0.2) is 60.4 Å². The van der Waals surface area contributed by atoms with E-state index in [4.69, 9.17) is 0 Å². The van der Waals surface area contributed by atoms with Gasteiger partial charge in [0.2, 0.25) is 11.8 Å². The van der Waals surface area contributed by atoms with Gasteiger partial charge in [0.05, 0.1) is 6.04 Å². The van der Waals surface area contributed by atoms with Gasteiger partial charge in [-0.05, 0) is 33.2 Å². The van der Waals surface area contributed by atoms with Crippen molar-refractivity contribution in [1.29, 1.82) is 0 Å². The van der Waals surface area contributed by atoms with E-state index in [1.54, 1.807) is 0 Å². The molecule has 0 aliphatic carbocycles. The zero-order chi connectivity index (χ0) is 14.3. The predicted molar refractivity (Wildman–Crippen MR) is 75.8 cm³/mol. The predicted octanol–water partition coefficient (Wildman–Crippen LogP) is 0.845. The fourth-order valence-corrected chi connectivity index (χ4v) is 2.43. The molecule has 0 spiro atoms. The minimum absolute atomic E-state index is 0.0384. The summed E-state index contributed by atoms with van der Waals surface area (Å²) in [5.41, 5.74) is 0. The molecule has 1 rings (SSSR count). The van der Waals surface area contributed by atoms with E-state index in [0.29, 0.717) is 13.0 Å². The zero-order valence-corrected chi connectivity index (χ0v) is 12.4. The molecule has 1 unspecified atom stereocenters. The average molecular weight is 269 g/mol. The van der Waals surface area contributed by atoms with E-state index >= 15 is 0 Å². The van der Waals surface area contributed by atoms with Crippen molar-refractivity contribution >= 4 is 11.8 Å². The van der Waals surface area contributed by atoms with Gasteiger partial charge in [-0.25, -0.2) is 0 Å². The van der Waals surface area contributed by atoms with E-state index in [-0.39, 0.29) is 17.9 Å². The van der Waals surface area contributed by atoms with Gasteiger partial charge in [0.25, 0.3) is 0 Å². The van der Waals surface area contributed by atoms with Gasteiger partial charge in [0.1, 0.15) is 0 Å². The minimum Gasteiger partial charge on any atom is -0.343 e. The van der Waals surface area contributed by atoms with Crippen molar-refractivity contribution in [3.05, 3.63) is 0 Å². The van der Waals surface area contributed by atoms with E-state index in [2.05, 4.69) is 12.2 Å². The van der Waals surface area contributed by atoms with Crippen LogP contribution in [0.25, 0.3) is 0 Å². The second kappa shape index (κ2) is 8.15. The van der Waals surface area contributed by atoms with Crippen molar-refractivity contribution in [2.45, 2.75) is 46.1 Å². The Bertz CT molecular complexity index is 303. The molecule has 1 N–H and O–H groups in total. The number of likely N-dealkylation sites (tertiary alicyclic amines) is 1. The fourth-order valence-electron chi connectivity index (χ4n) is 2.43. The van der Waals surface area contributed by atoms with E-state index < -0.39 is 0 Å². The van der Waals surface area contributed by atoms with E-state index in [1.807, 2.05) is 23.6 Å². The second-order valence-corrected chi connectivity index (χ2v) is 4.94. The standard InChI is InChI=1S/C14H27N3O2/c1-4-9-15-12-7-10-17(14(12)19)11-8-13(18)16(5-2)6-3/h12,15H,4-11H2,1-3H3. The Kier molecular flexibility index (Phi) is 6.84.